The van der Waals surface area contributed by atoms with Gasteiger partial charge in [-0.05, 0) is 24.6 Å². The first-order valence-corrected chi connectivity index (χ1v) is 3.81. The van der Waals surface area contributed by atoms with E-state index in [-0.39, 0.29) is 11.4 Å². The van der Waals surface area contributed by atoms with E-state index in [0.29, 0.717) is 5.57 Å². The molecule has 0 unspecified atom stereocenters. The lowest BCUT2D eigenvalue weighted by molar-refractivity contribution is -0.141. The van der Waals surface area contributed by atoms with E-state index >= 15 is 0 Å². The zero-order valence-electron chi connectivity index (χ0n) is 7.52. The van der Waals surface area contributed by atoms with Crippen molar-refractivity contribution in [1.82, 2.24) is 4.98 Å². The minimum absolute atomic E-state index is 0.0327. The number of alkyl halides is 3. The van der Waals surface area contributed by atoms with Gasteiger partial charge in [-0.15, -0.1) is 0 Å². The first-order chi connectivity index (χ1) is 6.30. The zero-order valence-corrected chi connectivity index (χ0v) is 7.52. The van der Waals surface area contributed by atoms with Crippen molar-refractivity contribution >= 4 is 11.3 Å². The number of nitrogens with two attached hydrogens (primary N) is 1. The van der Waals surface area contributed by atoms with E-state index in [1.165, 1.54) is 6.07 Å². The lowest BCUT2D eigenvalue weighted by Crippen LogP contribution is -2.10. The van der Waals surface area contributed by atoms with Gasteiger partial charge >= 0.3 is 6.18 Å². The van der Waals surface area contributed by atoms with Crippen LogP contribution in [0.25, 0.3) is 5.57 Å². The molecule has 5 heteroatoms. The SMILES string of the molecule is C=C(C)c1cc(N)cc(C(F)(F)F)n1. The van der Waals surface area contributed by atoms with E-state index < -0.39 is 11.9 Å². The van der Waals surface area contributed by atoms with Crippen molar-refractivity contribution < 1.29 is 13.2 Å². The van der Waals surface area contributed by atoms with Crippen molar-refractivity contribution in [2.75, 3.05) is 5.73 Å². The molecule has 0 spiro atoms. The highest BCUT2D eigenvalue weighted by Crippen LogP contribution is 2.29. The Hall–Kier alpha value is -1.52. The van der Waals surface area contributed by atoms with Gasteiger partial charge in [0.2, 0.25) is 0 Å². The third kappa shape index (κ3) is 2.25. The van der Waals surface area contributed by atoms with E-state index in [4.69, 9.17) is 5.73 Å². The topological polar surface area (TPSA) is 38.9 Å². The molecular formula is C9H9F3N2. The van der Waals surface area contributed by atoms with Crippen molar-refractivity contribution in [3.8, 4) is 0 Å². The molecule has 1 heterocycles. The van der Waals surface area contributed by atoms with Gasteiger partial charge in [-0.2, -0.15) is 13.2 Å². The molecule has 0 aliphatic heterocycles. The van der Waals surface area contributed by atoms with Crippen LogP contribution in [0.3, 0.4) is 0 Å². The molecule has 0 bridgehead atoms. The highest BCUT2D eigenvalue weighted by atomic mass is 19.4. The van der Waals surface area contributed by atoms with Crippen LogP contribution >= 0.6 is 0 Å². The molecule has 0 amide bonds. The number of anilines is 1. The van der Waals surface area contributed by atoms with E-state index in [1.54, 1.807) is 6.92 Å². The summed E-state index contributed by atoms with van der Waals surface area (Å²) in [7, 11) is 0. The molecule has 0 atom stereocenters. The summed E-state index contributed by atoms with van der Waals surface area (Å²) < 4.78 is 36.8. The second-order valence-electron chi connectivity index (χ2n) is 2.95. The molecule has 1 rings (SSSR count). The molecule has 0 fully saturated rings. The summed E-state index contributed by atoms with van der Waals surface area (Å²) >= 11 is 0. The first kappa shape index (κ1) is 10.6. The Bertz CT molecular complexity index is 369. The van der Waals surface area contributed by atoms with Gasteiger partial charge in [-0.3, -0.25) is 0 Å². The summed E-state index contributed by atoms with van der Waals surface area (Å²) in [5.74, 6) is 0. The number of halogens is 3. The molecule has 14 heavy (non-hydrogen) atoms. The van der Waals surface area contributed by atoms with Crippen molar-refractivity contribution in [1.29, 1.82) is 0 Å². The van der Waals surface area contributed by atoms with Gasteiger partial charge < -0.3 is 5.73 Å². The van der Waals surface area contributed by atoms with Crippen LogP contribution in [0.15, 0.2) is 18.7 Å². The van der Waals surface area contributed by atoms with Gasteiger partial charge in [0.1, 0.15) is 5.69 Å². The summed E-state index contributed by atoms with van der Waals surface area (Å²) in [6, 6.07) is 2.16. The monoisotopic (exact) mass is 202 g/mol. The van der Waals surface area contributed by atoms with Gasteiger partial charge in [0.15, 0.2) is 0 Å². The van der Waals surface area contributed by atoms with Crippen LogP contribution in [-0.2, 0) is 6.18 Å². The fourth-order valence-corrected chi connectivity index (χ4v) is 0.916. The molecule has 2 N–H and O–H groups in total. The van der Waals surface area contributed by atoms with E-state index in [9.17, 15) is 13.2 Å². The number of nitrogens with zero attached hydrogens (tertiary/aromatic N) is 1. The number of aromatic nitrogens is 1. The van der Waals surface area contributed by atoms with Crippen LogP contribution < -0.4 is 5.73 Å². The molecular weight excluding hydrogens is 193 g/mol. The van der Waals surface area contributed by atoms with Gasteiger partial charge in [0, 0.05) is 5.69 Å². The molecule has 1 aromatic heterocycles. The number of pyridine rings is 1. The van der Waals surface area contributed by atoms with Crippen LogP contribution in [-0.4, -0.2) is 4.98 Å². The quantitative estimate of drug-likeness (QED) is 0.760. The minimum Gasteiger partial charge on any atom is -0.399 e. The molecule has 0 saturated carbocycles. The van der Waals surface area contributed by atoms with E-state index in [0.717, 1.165) is 6.07 Å². The van der Waals surface area contributed by atoms with Crippen LogP contribution in [0.1, 0.15) is 18.3 Å². The first-order valence-electron chi connectivity index (χ1n) is 3.81. The number of rotatable bonds is 1. The van der Waals surface area contributed by atoms with Crippen LogP contribution in [0.2, 0.25) is 0 Å². The molecule has 0 aromatic carbocycles. The van der Waals surface area contributed by atoms with Crippen molar-refractivity contribution in [3.05, 3.63) is 30.1 Å². The summed E-state index contributed by atoms with van der Waals surface area (Å²) in [4.78, 5) is 3.40. The molecule has 0 aliphatic carbocycles. The maximum absolute atomic E-state index is 12.3. The molecule has 1 aromatic rings. The fraction of sp³-hybridized carbons (Fsp3) is 0.222. The van der Waals surface area contributed by atoms with Gasteiger partial charge in [-0.1, -0.05) is 6.58 Å². The highest BCUT2D eigenvalue weighted by Gasteiger charge is 2.33. The molecule has 2 nitrogen and oxygen atoms in total. The standard InChI is InChI=1S/C9H9F3N2/c1-5(2)7-3-6(13)4-8(14-7)9(10,11)12/h3-4H,1H2,2H3,(H2,13,14). The predicted molar refractivity (Wildman–Crippen MR) is 48.4 cm³/mol. The Morgan fingerprint density at radius 3 is 2.43 bits per heavy atom. The number of hydrogen-bond acceptors (Lipinski definition) is 2. The van der Waals surface area contributed by atoms with Crippen LogP contribution in [0.5, 0.6) is 0 Å². The molecule has 0 saturated heterocycles. The summed E-state index contributed by atoms with van der Waals surface area (Å²) in [6.45, 7) is 5.08. The highest BCUT2D eigenvalue weighted by molar-refractivity contribution is 5.61. The zero-order chi connectivity index (χ0) is 10.9. The van der Waals surface area contributed by atoms with Crippen molar-refractivity contribution in [3.63, 3.8) is 0 Å². The summed E-state index contributed by atoms with van der Waals surface area (Å²) in [6.07, 6.45) is -4.47. The van der Waals surface area contributed by atoms with Crippen LogP contribution in [0, 0.1) is 0 Å². The second kappa shape index (κ2) is 3.32. The normalized spacial score (nSPS) is 11.4. The number of nitrogen functional groups attached to an aromatic ring is 1. The summed E-state index contributed by atoms with van der Waals surface area (Å²) in [5, 5.41) is 0. The van der Waals surface area contributed by atoms with Crippen molar-refractivity contribution in [2.45, 2.75) is 13.1 Å². The lowest BCUT2D eigenvalue weighted by atomic mass is 10.2. The Kier molecular flexibility index (Phi) is 2.51. The largest absolute Gasteiger partial charge is 0.433 e. The fourth-order valence-electron chi connectivity index (χ4n) is 0.916. The molecule has 76 valence electrons. The van der Waals surface area contributed by atoms with Gasteiger partial charge in [0.25, 0.3) is 0 Å². The van der Waals surface area contributed by atoms with Gasteiger partial charge in [0.05, 0.1) is 5.69 Å². The Morgan fingerprint density at radius 1 is 1.43 bits per heavy atom. The summed E-state index contributed by atoms with van der Waals surface area (Å²) in [5.41, 5.74) is 4.97. The number of allylic oxidation sites excluding steroid dienone is 1. The lowest BCUT2D eigenvalue weighted by Gasteiger charge is -2.08. The third-order valence-corrected chi connectivity index (χ3v) is 1.58. The average molecular weight is 202 g/mol. The third-order valence-electron chi connectivity index (χ3n) is 1.58. The Labute approximate surface area is 79.3 Å². The Balaban J connectivity index is 3.28. The predicted octanol–water partition coefficient (Wildman–Crippen LogP) is 2.72. The average Bonchev–Trinajstić information content (AvgIpc) is 2.01. The maximum Gasteiger partial charge on any atom is 0.433 e. The van der Waals surface area contributed by atoms with E-state index in [2.05, 4.69) is 11.6 Å². The minimum atomic E-state index is -4.47. The maximum atomic E-state index is 12.3. The van der Waals surface area contributed by atoms with Gasteiger partial charge in [-0.25, -0.2) is 4.98 Å². The smallest absolute Gasteiger partial charge is 0.399 e. The van der Waals surface area contributed by atoms with E-state index in [1.807, 2.05) is 0 Å². The second-order valence-corrected chi connectivity index (χ2v) is 2.95. The Morgan fingerprint density at radius 2 is 2.00 bits per heavy atom. The van der Waals surface area contributed by atoms with Crippen molar-refractivity contribution in [2.24, 2.45) is 0 Å². The number of hydrogen-bond donors (Lipinski definition) is 1. The molecule has 0 radical (unpaired) electrons. The molecule has 0 aliphatic rings. The van der Waals surface area contributed by atoms with Crippen LogP contribution in [0.4, 0.5) is 18.9 Å².